The zero-order valence-electron chi connectivity index (χ0n) is 15.0. The van der Waals surface area contributed by atoms with E-state index < -0.39 is 5.97 Å². The Bertz CT molecular complexity index is 693. The molecule has 0 unspecified atom stereocenters. The van der Waals surface area contributed by atoms with Gasteiger partial charge in [-0.15, -0.1) is 0 Å². The first-order chi connectivity index (χ1) is 12.5. The summed E-state index contributed by atoms with van der Waals surface area (Å²) in [5.41, 5.74) is 0.395. The van der Waals surface area contributed by atoms with Gasteiger partial charge >= 0.3 is 5.97 Å². The van der Waals surface area contributed by atoms with Crippen LogP contribution in [-0.4, -0.2) is 52.5 Å². The van der Waals surface area contributed by atoms with Crippen LogP contribution in [0.1, 0.15) is 12.5 Å². The van der Waals surface area contributed by atoms with Crippen molar-refractivity contribution in [1.82, 2.24) is 5.32 Å². The van der Waals surface area contributed by atoms with E-state index in [9.17, 15) is 9.59 Å². The van der Waals surface area contributed by atoms with E-state index in [4.69, 9.17) is 24.2 Å². The number of nitrogens with one attached hydrogen (secondary N) is 1. The number of amides is 1. The fourth-order valence-electron chi connectivity index (χ4n) is 1.88. The van der Waals surface area contributed by atoms with Gasteiger partial charge in [-0.1, -0.05) is 6.07 Å². The molecule has 8 heteroatoms. The van der Waals surface area contributed by atoms with Crippen LogP contribution in [0.3, 0.4) is 0 Å². The summed E-state index contributed by atoms with van der Waals surface area (Å²) in [7, 11) is 2.93. The highest BCUT2D eigenvalue weighted by atomic mass is 16.6. The fraction of sp³-hybridized carbons (Fsp3) is 0.389. The topological polar surface area (TPSA) is 107 Å². The Morgan fingerprint density at radius 1 is 1.23 bits per heavy atom. The van der Waals surface area contributed by atoms with Crippen molar-refractivity contribution in [1.29, 1.82) is 5.26 Å². The predicted octanol–water partition coefficient (Wildman–Crippen LogP) is 1.31. The summed E-state index contributed by atoms with van der Waals surface area (Å²) in [4.78, 5) is 23.3. The summed E-state index contributed by atoms with van der Waals surface area (Å²) in [5, 5.41) is 11.8. The lowest BCUT2D eigenvalue weighted by molar-refractivity contribution is -0.139. The molecule has 1 amide bonds. The number of hydrogen-bond acceptors (Lipinski definition) is 7. The van der Waals surface area contributed by atoms with Crippen molar-refractivity contribution >= 4 is 18.0 Å². The van der Waals surface area contributed by atoms with E-state index in [1.807, 2.05) is 6.92 Å². The lowest BCUT2D eigenvalue weighted by Crippen LogP contribution is -2.28. The van der Waals surface area contributed by atoms with Gasteiger partial charge in [-0.05, 0) is 30.7 Å². The third-order valence-corrected chi connectivity index (χ3v) is 3.09. The molecule has 0 aliphatic carbocycles. The number of nitrogens with zero attached hydrogens (tertiary/aromatic N) is 1. The Hall–Kier alpha value is -3.05. The quantitative estimate of drug-likeness (QED) is 0.289. The van der Waals surface area contributed by atoms with Gasteiger partial charge in [-0.25, -0.2) is 4.79 Å². The first kappa shape index (κ1) is 21.0. The smallest absolute Gasteiger partial charge is 0.348 e. The van der Waals surface area contributed by atoms with Crippen LogP contribution < -0.4 is 14.8 Å². The molecule has 0 saturated heterocycles. The van der Waals surface area contributed by atoms with Gasteiger partial charge in [0.1, 0.15) is 18.2 Å². The van der Waals surface area contributed by atoms with Crippen molar-refractivity contribution in [3.05, 3.63) is 29.3 Å². The molecule has 0 fully saturated rings. The van der Waals surface area contributed by atoms with Crippen LogP contribution in [0.5, 0.6) is 11.5 Å². The molecular formula is C18H22N2O6. The second-order valence-corrected chi connectivity index (χ2v) is 4.95. The van der Waals surface area contributed by atoms with Crippen LogP contribution in [0.25, 0.3) is 6.08 Å². The molecule has 0 radical (unpaired) electrons. The van der Waals surface area contributed by atoms with E-state index in [0.29, 0.717) is 23.6 Å². The zero-order chi connectivity index (χ0) is 19.4. The van der Waals surface area contributed by atoms with E-state index in [2.05, 4.69) is 5.32 Å². The first-order valence-corrected chi connectivity index (χ1v) is 7.91. The van der Waals surface area contributed by atoms with Gasteiger partial charge < -0.3 is 24.3 Å². The van der Waals surface area contributed by atoms with Gasteiger partial charge in [-0.2, -0.15) is 5.26 Å². The molecule has 0 atom stereocenters. The van der Waals surface area contributed by atoms with Gasteiger partial charge in [0.2, 0.25) is 0 Å². The summed E-state index contributed by atoms with van der Waals surface area (Å²) >= 11 is 0. The first-order valence-electron chi connectivity index (χ1n) is 7.91. The Balaban J connectivity index is 2.88. The number of carbonyl (C=O) groups is 2. The standard InChI is InChI=1S/C18H22N2O6/c1-4-20-17(21)12-26-15-6-5-13(10-16(15)24-3)9-14(11-19)18(22)25-8-7-23-2/h5-6,9-10H,4,7-8,12H2,1-3H3,(H,20,21)/b14-9+. The molecule has 1 aromatic rings. The molecule has 8 nitrogen and oxygen atoms in total. The average molecular weight is 362 g/mol. The molecule has 0 spiro atoms. The van der Waals surface area contributed by atoms with Crippen LogP contribution in [0.4, 0.5) is 0 Å². The summed E-state index contributed by atoms with van der Waals surface area (Å²) in [6.45, 7) is 2.49. The van der Waals surface area contributed by atoms with Gasteiger partial charge in [0, 0.05) is 13.7 Å². The number of carbonyl (C=O) groups excluding carboxylic acids is 2. The third-order valence-electron chi connectivity index (χ3n) is 3.09. The summed E-state index contributed by atoms with van der Waals surface area (Å²) in [6, 6.07) is 6.62. The lowest BCUT2D eigenvalue weighted by Gasteiger charge is -2.11. The fourth-order valence-corrected chi connectivity index (χ4v) is 1.88. The largest absolute Gasteiger partial charge is 0.493 e. The van der Waals surface area contributed by atoms with Crippen molar-refractivity contribution in [2.45, 2.75) is 6.92 Å². The SMILES string of the molecule is CCNC(=O)COc1ccc(/C=C(\C#N)C(=O)OCCOC)cc1OC. The summed E-state index contributed by atoms with van der Waals surface area (Å²) in [5.74, 6) is -0.241. The van der Waals surface area contributed by atoms with Gasteiger partial charge in [0.05, 0.1) is 13.7 Å². The van der Waals surface area contributed by atoms with Crippen LogP contribution in [0.15, 0.2) is 23.8 Å². The van der Waals surface area contributed by atoms with E-state index in [1.165, 1.54) is 20.3 Å². The van der Waals surface area contributed by atoms with E-state index in [1.54, 1.807) is 24.3 Å². The minimum absolute atomic E-state index is 0.0598. The maximum absolute atomic E-state index is 11.8. The average Bonchev–Trinajstić information content (AvgIpc) is 2.65. The van der Waals surface area contributed by atoms with E-state index in [0.717, 1.165) is 0 Å². The highest BCUT2D eigenvalue weighted by Crippen LogP contribution is 2.29. The highest BCUT2D eigenvalue weighted by Gasteiger charge is 2.12. The zero-order valence-corrected chi connectivity index (χ0v) is 15.0. The number of ether oxygens (including phenoxy) is 4. The molecule has 1 N–H and O–H groups in total. The lowest BCUT2D eigenvalue weighted by atomic mass is 10.1. The van der Waals surface area contributed by atoms with Crippen LogP contribution in [0, 0.1) is 11.3 Å². The van der Waals surface area contributed by atoms with Crippen molar-refractivity contribution in [2.75, 3.05) is 40.6 Å². The molecule has 0 aromatic heterocycles. The monoisotopic (exact) mass is 362 g/mol. The number of nitriles is 1. The maximum Gasteiger partial charge on any atom is 0.348 e. The predicted molar refractivity (Wildman–Crippen MR) is 93.6 cm³/mol. The molecule has 0 aliphatic rings. The highest BCUT2D eigenvalue weighted by molar-refractivity contribution is 5.98. The number of benzene rings is 1. The van der Waals surface area contributed by atoms with Crippen molar-refractivity contribution in [2.24, 2.45) is 0 Å². The van der Waals surface area contributed by atoms with Gasteiger partial charge in [0.25, 0.3) is 5.91 Å². The minimum Gasteiger partial charge on any atom is -0.493 e. The molecule has 0 saturated carbocycles. The second-order valence-electron chi connectivity index (χ2n) is 4.95. The van der Waals surface area contributed by atoms with Crippen LogP contribution >= 0.6 is 0 Å². The number of likely N-dealkylation sites (N-methyl/N-ethyl adjacent to an activating group) is 1. The van der Waals surface area contributed by atoms with Crippen molar-refractivity contribution in [3.8, 4) is 17.6 Å². The Kier molecular flexibility index (Phi) is 9.28. The number of methoxy groups -OCH3 is 2. The van der Waals surface area contributed by atoms with Crippen LogP contribution in [0.2, 0.25) is 0 Å². The second kappa shape index (κ2) is 11.5. The summed E-state index contributed by atoms with van der Waals surface area (Å²) in [6.07, 6.45) is 1.38. The van der Waals surface area contributed by atoms with E-state index >= 15 is 0 Å². The van der Waals surface area contributed by atoms with Gasteiger partial charge in [-0.3, -0.25) is 4.79 Å². The molecule has 0 heterocycles. The van der Waals surface area contributed by atoms with Crippen molar-refractivity contribution in [3.63, 3.8) is 0 Å². The number of hydrogen-bond donors (Lipinski definition) is 1. The molecule has 26 heavy (non-hydrogen) atoms. The molecule has 1 aromatic carbocycles. The Labute approximate surface area is 152 Å². The maximum atomic E-state index is 11.8. The van der Waals surface area contributed by atoms with Crippen LogP contribution in [-0.2, 0) is 19.1 Å². The normalized spacial score (nSPS) is 10.6. The van der Waals surface area contributed by atoms with E-state index in [-0.39, 0.29) is 31.3 Å². The minimum atomic E-state index is -0.736. The Morgan fingerprint density at radius 3 is 2.62 bits per heavy atom. The Morgan fingerprint density at radius 2 is 2.00 bits per heavy atom. The molecule has 0 bridgehead atoms. The number of esters is 1. The molecule has 140 valence electrons. The number of rotatable bonds is 10. The molecular weight excluding hydrogens is 340 g/mol. The molecule has 0 aliphatic heterocycles. The third kappa shape index (κ3) is 6.83. The molecule has 1 rings (SSSR count). The van der Waals surface area contributed by atoms with Crippen molar-refractivity contribution < 1.29 is 28.5 Å². The summed E-state index contributed by atoms with van der Waals surface area (Å²) < 4.78 is 20.3. The van der Waals surface area contributed by atoms with Gasteiger partial charge in [0.15, 0.2) is 18.1 Å².